The maximum atomic E-state index is 13.9. The summed E-state index contributed by atoms with van der Waals surface area (Å²) in [5.41, 5.74) is 7.52. The molecule has 2 aromatic rings. The number of thiocarbonyl (C=S) groups is 1. The minimum atomic E-state index is -0.464. The van der Waals surface area contributed by atoms with Gasteiger partial charge in [0.1, 0.15) is 16.6 Å². The van der Waals surface area contributed by atoms with Crippen LogP contribution in [0.5, 0.6) is 0 Å². The average Bonchev–Trinajstić information content (AvgIpc) is 2.34. The maximum Gasteiger partial charge on any atom is 0.147 e. The summed E-state index contributed by atoms with van der Waals surface area (Å²) in [6.45, 7) is 1.74. The molecule has 19 heavy (non-hydrogen) atoms. The molecule has 0 spiro atoms. The largest absolute Gasteiger partial charge is 0.389 e. The highest BCUT2D eigenvalue weighted by molar-refractivity contribution is 7.80. The summed E-state index contributed by atoms with van der Waals surface area (Å²) in [4.78, 5) is 0.142. The van der Waals surface area contributed by atoms with E-state index in [-0.39, 0.29) is 16.5 Å². The minimum absolute atomic E-state index is 0.142. The van der Waals surface area contributed by atoms with E-state index in [0.717, 1.165) is 0 Å². The lowest BCUT2D eigenvalue weighted by Gasteiger charge is -2.11. The van der Waals surface area contributed by atoms with E-state index < -0.39 is 5.82 Å². The Morgan fingerprint density at radius 2 is 1.79 bits per heavy atom. The molecular weight excluding hydrogens is 266 g/mol. The SMILES string of the molecule is Cc1cc(F)ccc1Nc1ccc(C(N)=S)cc1F. The molecule has 0 aliphatic heterocycles. The van der Waals surface area contributed by atoms with Crippen LogP contribution >= 0.6 is 12.2 Å². The number of hydrogen-bond donors (Lipinski definition) is 2. The third-order valence-corrected chi connectivity index (χ3v) is 2.95. The summed E-state index contributed by atoms with van der Waals surface area (Å²) in [5.74, 6) is -0.790. The number of anilines is 2. The molecule has 0 amide bonds. The van der Waals surface area contributed by atoms with Gasteiger partial charge in [0, 0.05) is 11.3 Å². The molecule has 0 aliphatic carbocycles. The van der Waals surface area contributed by atoms with E-state index in [1.807, 2.05) is 0 Å². The van der Waals surface area contributed by atoms with Crippen LogP contribution in [0.25, 0.3) is 0 Å². The molecule has 0 heterocycles. The highest BCUT2D eigenvalue weighted by Gasteiger charge is 2.07. The fraction of sp³-hybridized carbons (Fsp3) is 0.0714. The molecule has 0 saturated heterocycles. The van der Waals surface area contributed by atoms with Crippen molar-refractivity contribution in [3.8, 4) is 0 Å². The van der Waals surface area contributed by atoms with Crippen molar-refractivity contribution in [3.05, 3.63) is 59.2 Å². The number of aryl methyl sites for hydroxylation is 1. The lowest BCUT2D eigenvalue weighted by molar-refractivity contribution is 0.626. The summed E-state index contributed by atoms with van der Waals surface area (Å²) in [7, 11) is 0. The Labute approximate surface area is 115 Å². The van der Waals surface area contributed by atoms with Crippen molar-refractivity contribution < 1.29 is 8.78 Å². The number of rotatable bonds is 3. The predicted octanol–water partition coefficient (Wildman–Crippen LogP) is 3.65. The van der Waals surface area contributed by atoms with Crippen molar-refractivity contribution in [3.63, 3.8) is 0 Å². The Balaban J connectivity index is 2.31. The molecule has 98 valence electrons. The molecule has 0 radical (unpaired) electrons. The van der Waals surface area contributed by atoms with Crippen LogP contribution in [-0.4, -0.2) is 4.99 Å². The summed E-state index contributed by atoms with van der Waals surface area (Å²) in [5, 5.41) is 2.91. The third-order valence-electron chi connectivity index (χ3n) is 2.71. The first kappa shape index (κ1) is 13.4. The quantitative estimate of drug-likeness (QED) is 0.842. The van der Waals surface area contributed by atoms with Crippen LogP contribution in [0.4, 0.5) is 20.2 Å². The molecule has 0 atom stereocenters. The van der Waals surface area contributed by atoms with Crippen molar-refractivity contribution in [2.45, 2.75) is 6.92 Å². The predicted molar refractivity (Wildman–Crippen MR) is 76.7 cm³/mol. The fourth-order valence-corrected chi connectivity index (χ4v) is 1.81. The van der Waals surface area contributed by atoms with Gasteiger partial charge in [-0.3, -0.25) is 0 Å². The second kappa shape index (κ2) is 5.32. The molecule has 2 nitrogen and oxygen atoms in total. The standard InChI is InChI=1S/C14H12F2N2S/c1-8-6-10(15)3-5-12(8)18-13-4-2-9(14(17)19)7-11(13)16/h2-7,18H,1H3,(H2,17,19). The first-order valence-corrected chi connectivity index (χ1v) is 6.01. The molecule has 0 aliphatic rings. The first-order valence-electron chi connectivity index (χ1n) is 5.60. The van der Waals surface area contributed by atoms with E-state index in [9.17, 15) is 8.78 Å². The summed E-state index contributed by atoms with van der Waals surface area (Å²) >= 11 is 4.78. The molecule has 0 saturated carbocycles. The van der Waals surface area contributed by atoms with E-state index in [4.69, 9.17) is 18.0 Å². The zero-order chi connectivity index (χ0) is 14.0. The Hall–Kier alpha value is -2.01. The van der Waals surface area contributed by atoms with Gasteiger partial charge < -0.3 is 11.1 Å². The van der Waals surface area contributed by atoms with Gasteiger partial charge in [0.15, 0.2) is 0 Å². The van der Waals surface area contributed by atoms with E-state index in [1.165, 1.54) is 18.2 Å². The van der Waals surface area contributed by atoms with Gasteiger partial charge in [-0.25, -0.2) is 8.78 Å². The van der Waals surface area contributed by atoms with Crippen LogP contribution in [0.1, 0.15) is 11.1 Å². The van der Waals surface area contributed by atoms with E-state index in [0.29, 0.717) is 16.8 Å². The van der Waals surface area contributed by atoms with Gasteiger partial charge in [-0.2, -0.15) is 0 Å². The topological polar surface area (TPSA) is 38.0 Å². The lowest BCUT2D eigenvalue weighted by Crippen LogP contribution is -2.10. The monoisotopic (exact) mass is 278 g/mol. The second-order valence-corrected chi connectivity index (χ2v) is 4.58. The van der Waals surface area contributed by atoms with Gasteiger partial charge >= 0.3 is 0 Å². The van der Waals surface area contributed by atoms with Gasteiger partial charge in [0.25, 0.3) is 0 Å². The Morgan fingerprint density at radius 1 is 1.11 bits per heavy atom. The fourth-order valence-electron chi connectivity index (χ4n) is 1.68. The molecule has 2 aromatic carbocycles. The van der Waals surface area contributed by atoms with Gasteiger partial charge in [-0.05, 0) is 48.9 Å². The molecular formula is C14H12F2N2S. The number of nitrogens with two attached hydrogens (primary N) is 1. The maximum absolute atomic E-state index is 13.9. The van der Waals surface area contributed by atoms with Crippen LogP contribution in [0.3, 0.4) is 0 Å². The van der Waals surface area contributed by atoms with Crippen LogP contribution in [0.2, 0.25) is 0 Å². The molecule has 0 fully saturated rings. The van der Waals surface area contributed by atoms with Crippen LogP contribution in [0.15, 0.2) is 36.4 Å². The van der Waals surface area contributed by atoms with Crippen molar-refractivity contribution in [1.29, 1.82) is 0 Å². The van der Waals surface area contributed by atoms with Gasteiger partial charge in [0.2, 0.25) is 0 Å². The average molecular weight is 278 g/mol. The summed E-state index contributed by atoms with van der Waals surface area (Å²) < 4.78 is 26.8. The molecule has 0 unspecified atom stereocenters. The van der Waals surface area contributed by atoms with Gasteiger partial charge in [-0.15, -0.1) is 0 Å². The van der Waals surface area contributed by atoms with E-state index in [2.05, 4.69) is 5.32 Å². The third kappa shape index (κ3) is 3.06. The van der Waals surface area contributed by atoms with Gasteiger partial charge in [0.05, 0.1) is 5.69 Å². The number of benzene rings is 2. The first-order chi connectivity index (χ1) is 8.97. The van der Waals surface area contributed by atoms with Crippen molar-refractivity contribution in [2.24, 2.45) is 5.73 Å². The Bertz CT molecular complexity index is 641. The Kier molecular flexibility index (Phi) is 3.76. The number of hydrogen-bond acceptors (Lipinski definition) is 2. The van der Waals surface area contributed by atoms with Crippen molar-refractivity contribution in [1.82, 2.24) is 0 Å². The highest BCUT2D eigenvalue weighted by Crippen LogP contribution is 2.24. The molecule has 5 heteroatoms. The van der Waals surface area contributed by atoms with Crippen molar-refractivity contribution in [2.75, 3.05) is 5.32 Å². The van der Waals surface area contributed by atoms with E-state index >= 15 is 0 Å². The normalized spacial score (nSPS) is 10.3. The van der Waals surface area contributed by atoms with Crippen molar-refractivity contribution >= 4 is 28.6 Å². The molecule has 3 N–H and O–H groups in total. The molecule has 2 rings (SSSR count). The summed E-state index contributed by atoms with van der Waals surface area (Å²) in [6.07, 6.45) is 0. The lowest BCUT2D eigenvalue weighted by atomic mass is 10.1. The van der Waals surface area contributed by atoms with Crippen LogP contribution in [-0.2, 0) is 0 Å². The second-order valence-electron chi connectivity index (χ2n) is 4.14. The molecule has 0 aromatic heterocycles. The van der Waals surface area contributed by atoms with E-state index in [1.54, 1.807) is 25.1 Å². The smallest absolute Gasteiger partial charge is 0.147 e. The summed E-state index contributed by atoms with van der Waals surface area (Å²) in [6, 6.07) is 8.70. The zero-order valence-corrected chi connectivity index (χ0v) is 11.0. The number of halogens is 2. The number of nitrogens with one attached hydrogen (secondary N) is 1. The highest BCUT2D eigenvalue weighted by atomic mass is 32.1. The van der Waals surface area contributed by atoms with Crippen LogP contribution < -0.4 is 11.1 Å². The minimum Gasteiger partial charge on any atom is -0.389 e. The Morgan fingerprint density at radius 3 is 2.37 bits per heavy atom. The molecule has 0 bridgehead atoms. The van der Waals surface area contributed by atoms with Crippen LogP contribution in [0, 0.1) is 18.6 Å². The zero-order valence-electron chi connectivity index (χ0n) is 10.2. The van der Waals surface area contributed by atoms with Gasteiger partial charge in [-0.1, -0.05) is 12.2 Å².